The van der Waals surface area contributed by atoms with Crippen molar-refractivity contribution in [3.8, 4) is 11.5 Å². The Balaban J connectivity index is 2.14. The lowest BCUT2D eigenvalue weighted by Crippen LogP contribution is -2.32. The molecule has 6 heteroatoms. The maximum atomic E-state index is 12.0. The molecule has 0 amide bonds. The molecule has 0 aliphatic carbocycles. The van der Waals surface area contributed by atoms with Gasteiger partial charge in [0.2, 0.25) is 6.79 Å². The van der Waals surface area contributed by atoms with E-state index in [1.807, 2.05) is 6.07 Å². The lowest BCUT2D eigenvalue weighted by atomic mass is 10.1. The van der Waals surface area contributed by atoms with Gasteiger partial charge in [-0.15, -0.1) is 0 Å². The van der Waals surface area contributed by atoms with Crippen molar-refractivity contribution in [1.29, 1.82) is 0 Å². The Bertz CT molecular complexity index is 463. The van der Waals surface area contributed by atoms with Crippen LogP contribution in [-0.2, 0) is 14.3 Å². The zero-order chi connectivity index (χ0) is 14.4. The average Bonchev–Trinajstić information content (AvgIpc) is 2.91. The summed E-state index contributed by atoms with van der Waals surface area (Å²) < 4.78 is 20.7. The first-order valence-corrected chi connectivity index (χ1v) is 6.54. The Morgan fingerprint density at radius 1 is 1.40 bits per heavy atom. The van der Waals surface area contributed by atoms with Gasteiger partial charge in [-0.2, -0.15) is 0 Å². The first kappa shape index (κ1) is 14.6. The molecule has 1 aliphatic rings. The molecule has 1 atom stereocenters. The third-order valence-corrected chi connectivity index (χ3v) is 2.91. The summed E-state index contributed by atoms with van der Waals surface area (Å²) >= 11 is 0. The minimum absolute atomic E-state index is 0.208. The zero-order valence-corrected chi connectivity index (χ0v) is 11.7. The largest absolute Gasteiger partial charge is 0.465 e. The highest BCUT2D eigenvalue weighted by Crippen LogP contribution is 2.34. The molecule has 0 aromatic heterocycles. The van der Waals surface area contributed by atoms with Crippen molar-refractivity contribution in [2.45, 2.75) is 13.0 Å². The van der Waals surface area contributed by atoms with Crippen LogP contribution in [0, 0.1) is 0 Å². The van der Waals surface area contributed by atoms with Gasteiger partial charge in [-0.1, -0.05) is 6.07 Å². The molecule has 1 heterocycles. The van der Waals surface area contributed by atoms with Crippen LogP contribution >= 0.6 is 0 Å². The van der Waals surface area contributed by atoms with Crippen LogP contribution in [0.25, 0.3) is 0 Å². The number of hydrogen-bond donors (Lipinski definition) is 1. The van der Waals surface area contributed by atoms with E-state index < -0.39 is 6.04 Å². The monoisotopic (exact) mass is 281 g/mol. The van der Waals surface area contributed by atoms with E-state index in [4.69, 9.17) is 18.9 Å². The number of fused-ring (bicyclic) bond motifs is 1. The van der Waals surface area contributed by atoms with Crippen LogP contribution in [0.3, 0.4) is 0 Å². The number of carbonyl (C=O) groups is 1. The van der Waals surface area contributed by atoms with Crippen LogP contribution in [0.1, 0.15) is 18.5 Å². The molecular weight excluding hydrogens is 262 g/mol. The summed E-state index contributed by atoms with van der Waals surface area (Å²) in [6, 6.07) is 4.88. The molecule has 20 heavy (non-hydrogen) atoms. The number of carbonyl (C=O) groups excluding carboxylic acids is 1. The van der Waals surface area contributed by atoms with Crippen LogP contribution in [0.2, 0.25) is 0 Å². The van der Waals surface area contributed by atoms with Crippen molar-refractivity contribution in [3.63, 3.8) is 0 Å². The second kappa shape index (κ2) is 7.12. The van der Waals surface area contributed by atoms with E-state index in [-0.39, 0.29) is 12.8 Å². The van der Waals surface area contributed by atoms with Gasteiger partial charge in [0, 0.05) is 13.7 Å². The molecule has 1 N–H and O–H groups in total. The summed E-state index contributed by atoms with van der Waals surface area (Å²) in [5.74, 6) is 1.01. The number of ether oxygens (including phenoxy) is 4. The SMILES string of the molecule is CCOC(=O)C(NCCOC)c1ccc2c(c1)OCO2. The highest BCUT2D eigenvalue weighted by molar-refractivity contribution is 5.78. The third-order valence-electron chi connectivity index (χ3n) is 2.91. The fourth-order valence-electron chi connectivity index (χ4n) is 1.96. The van der Waals surface area contributed by atoms with E-state index in [9.17, 15) is 4.79 Å². The summed E-state index contributed by atoms with van der Waals surface area (Å²) in [7, 11) is 1.61. The predicted molar refractivity (Wildman–Crippen MR) is 71.8 cm³/mol. The fourth-order valence-corrected chi connectivity index (χ4v) is 1.96. The molecule has 0 fully saturated rings. The minimum Gasteiger partial charge on any atom is -0.465 e. The van der Waals surface area contributed by atoms with E-state index >= 15 is 0 Å². The lowest BCUT2D eigenvalue weighted by molar-refractivity contribution is -0.145. The third kappa shape index (κ3) is 3.40. The summed E-state index contributed by atoms with van der Waals surface area (Å²) in [6.45, 7) is 3.39. The first-order valence-electron chi connectivity index (χ1n) is 6.54. The average molecular weight is 281 g/mol. The highest BCUT2D eigenvalue weighted by Gasteiger charge is 2.24. The fraction of sp³-hybridized carbons (Fsp3) is 0.500. The van der Waals surface area contributed by atoms with Gasteiger partial charge in [0.05, 0.1) is 13.2 Å². The van der Waals surface area contributed by atoms with Crippen LogP contribution in [0.5, 0.6) is 11.5 Å². The lowest BCUT2D eigenvalue weighted by Gasteiger charge is -2.17. The smallest absolute Gasteiger partial charge is 0.327 e. The molecule has 1 aromatic carbocycles. The summed E-state index contributed by atoms with van der Waals surface area (Å²) in [6.07, 6.45) is 0. The molecule has 0 saturated carbocycles. The van der Waals surface area contributed by atoms with Crippen LogP contribution in [0.15, 0.2) is 18.2 Å². The predicted octanol–water partition coefficient (Wildman–Crippen LogP) is 1.26. The summed E-state index contributed by atoms with van der Waals surface area (Å²) in [4.78, 5) is 12.0. The van der Waals surface area contributed by atoms with Crippen molar-refractivity contribution < 1.29 is 23.7 Å². The molecule has 0 bridgehead atoms. The molecule has 2 rings (SSSR count). The molecular formula is C14H19NO5. The van der Waals surface area contributed by atoms with Crippen molar-refractivity contribution >= 4 is 5.97 Å². The normalized spacial score (nSPS) is 14.1. The van der Waals surface area contributed by atoms with Gasteiger partial charge in [-0.05, 0) is 24.6 Å². The Morgan fingerprint density at radius 3 is 2.95 bits per heavy atom. The Labute approximate surface area is 118 Å². The van der Waals surface area contributed by atoms with Gasteiger partial charge in [-0.25, -0.2) is 4.79 Å². The second-order valence-electron chi connectivity index (χ2n) is 4.24. The second-order valence-corrected chi connectivity index (χ2v) is 4.24. The number of methoxy groups -OCH3 is 1. The molecule has 1 unspecified atom stereocenters. The Morgan fingerprint density at radius 2 is 2.20 bits per heavy atom. The maximum Gasteiger partial charge on any atom is 0.327 e. The molecule has 0 radical (unpaired) electrons. The topological polar surface area (TPSA) is 66.0 Å². The van der Waals surface area contributed by atoms with Gasteiger partial charge >= 0.3 is 5.97 Å². The number of benzene rings is 1. The quantitative estimate of drug-likeness (QED) is 0.599. The minimum atomic E-state index is -0.542. The van der Waals surface area contributed by atoms with Gasteiger partial charge in [0.25, 0.3) is 0 Å². The van der Waals surface area contributed by atoms with Crippen molar-refractivity contribution in [1.82, 2.24) is 5.32 Å². The molecule has 110 valence electrons. The number of nitrogens with one attached hydrogen (secondary N) is 1. The summed E-state index contributed by atoms with van der Waals surface area (Å²) in [5.41, 5.74) is 0.781. The van der Waals surface area contributed by atoms with Crippen LogP contribution in [0.4, 0.5) is 0 Å². The van der Waals surface area contributed by atoms with Gasteiger partial charge < -0.3 is 18.9 Å². The van der Waals surface area contributed by atoms with Crippen molar-refractivity contribution in [2.75, 3.05) is 33.7 Å². The van der Waals surface area contributed by atoms with Crippen LogP contribution in [-0.4, -0.2) is 39.6 Å². The number of hydrogen-bond acceptors (Lipinski definition) is 6. The van der Waals surface area contributed by atoms with Crippen LogP contribution < -0.4 is 14.8 Å². The maximum absolute atomic E-state index is 12.0. The number of esters is 1. The standard InChI is InChI=1S/C14H19NO5/c1-3-18-14(16)13(15-6-7-17-2)10-4-5-11-12(8-10)20-9-19-11/h4-5,8,13,15H,3,6-7,9H2,1-2H3. The molecule has 0 spiro atoms. The number of rotatable bonds is 7. The molecule has 6 nitrogen and oxygen atoms in total. The Kier molecular flexibility index (Phi) is 5.20. The zero-order valence-electron chi connectivity index (χ0n) is 11.7. The van der Waals surface area contributed by atoms with E-state index in [1.54, 1.807) is 26.2 Å². The van der Waals surface area contributed by atoms with E-state index in [0.29, 0.717) is 31.3 Å². The molecule has 1 aromatic rings. The first-order chi connectivity index (χ1) is 9.76. The van der Waals surface area contributed by atoms with Gasteiger partial charge in [0.1, 0.15) is 6.04 Å². The van der Waals surface area contributed by atoms with Crippen molar-refractivity contribution in [3.05, 3.63) is 23.8 Å². The summed E-state index contributed by atoms with van der Waals surface area (Å²) in [5, 5.41) is 3.12. The molecule has 0 saturated heterocycles. The van der Waals surface area contributed by atoms with E-state index in [0.717, 1.165) is 5.56 Å². The highest BCUT2D eigenvalue weighted by atomic mass is 16.7. The van der Waals surface area contributed by atoms with Gasteiger partial charge in [-0.3, -0.25) is 5.32 Å². The van der Waals surface area contributed by atoms with E-state index in [1.165, 1.54) is 0 Å². The Hall–Kier alpha value is -1.79. The van der Waals surface area contributed by atoms with E-state index in [2.05, 4.69) is 5.32 Å². The van der Waals surface area contributed by atoms with Crippen molar-refractivity contribution in [2.24, 2.45) is 0 Å². The molecule has 1 aliphatic heterocycles. The van der Waals surface area contributed by atoms with Gasteiger partial charge in [0.15, 0.2) is 11.5 Å².